The molecule has 32 heavy (non-hydrogen) atoms. The maximum atomic E-state index is 12.2. The first-order chi connectivity index (χ1) is 15.0. The number of nitrogens with zero attached hydrogens (tertiary/aromatic N) is 3. The van der Waals surface area contributed by atoms with Crippen LogP contribution in [-0.2, 0) is 21.0 Å². The molecule has 0 aliphatic carbocycles. The average molecular weight is 462 g/mol. The number of ether oxygens (including phenoxy) is 1. The maximum absolute atomic E-state index is 12.2. The van der Waals surface area contributed by atoms with Gasteiger partial charge in [0.15, 0.2) is 21.4 Å². The van der Waals surface area contributed by atoms with Crippen LogP contribution in [0.15, 0.2) is 38.1 Å². The van der Waals surface area contributed by atoms with E-state index >= 15 is 0 Å². The van der Waals surface area contributed by atoms with Gasteiger partial charge in [0.05, 0.1) is 4.90 Å². The average Bonchev–Trinajstić information content (AvgIpc) is 3.32. The van der Waals surface area contributed by atoms with Crippen molar-refractivity contribution < 1.29 is 26.9 Å². The topological polar surface area (TPSA) is 116 Å². The van der Waals surface area contributed by atoms with Gasteiger partial charge in [0.1, 0.15) is 11.2 Å². The van der Waals surface area contributed by atoms with Crippen LogP contribution in [0.2, 0.25) is 0 Å². The molecule has 0 bridgehead atoms. The van der Waals surface area contributed by atoms with Crippen LogP contribution in [-0.4, -0.2) is 54.5 Å². The van der Waals surface area contributed by atoms with Crippen LogP contribution in [0.4, 0.5) is 4.79 Å². The molecule has 0 radical (unpaired) electrons. The second-order valence-electron chi connectivity index (χ2n) is 9.21. The van der Waals surface area contributed by atoms with Gasteiger partial charge in [-0.1, -0.05) is 5.16 Å². The number of piperidine rings is 1. The molecule has 1 aliphatic rings. The molecule has 3 aromatic rings. The highest BCUT2D eigenvalue weighted by molar-refractivity contribution is 7.90. The molecule has 0 saturated carbocycles. The van der Waals surface area contributed by atoms with E-state index in [1.165, 1.54) is 6.07 Å². The molecule has 0 N–H and O–H groups in total. The van der Waals surface area contributed by atoms with Crippen LogP contribution in [0.1, 0.15) is 39.4 Å². The summed E-state index contributed by atoms with van der Waals surface area (Å²) in [5.74, 6) is 1.56. The Morgan fingerprint density at radius 1 is 1.22 bits per heavy atom. The highest BCUT2D eigenvalue weighted by Crippen LogP contribution is 2.29. The lowest BCUT2D eigenvalue weighted by Gasteiger charge is -2.33. The Balaban J connectivity index is 1.39. The summed E-state index contributed by atoms with van der Waals surface area (Å²) in [6, 6.07) is 6.38. The Morgan fingerprint density at radius 3 is 2.59 bits per heavy atom. The summed E-state index contributed by atoms with van der Waals surface area (Å²) in [5, 5.41) is 4.72. The monoisotopic (exact) mass is 461 g/mol. The number of hydrogen-bond acceptors (Lipinski definition) is 8. The minimum absolute atomic E-state index is 0.223. The second-order valence-corrected chi connectivity index (χ2v) is 11.2. The molecule has 4 rings (SSSR count). The van der Waals surface area contributed by atoms with E-state index in [2.05, 4.69) is 10.1 Å². The van der Waals surface area contributed by atoms with Gasteiger partial charge >= 0.3 is 6.09 Å². The van der Waals surface area contributed by atoms with Gasteiger partial charge < -0.3 is 18.6 Å². The van der Waals surface area contributed by atoms with Gasteiger partial charge in [0.2, 0.25) is 0 Å². The quantitative estimate of drug-likeness (QED) is 0.571. The molecule has 1 fully saturated rings. The number of carbonyl (C=O) groups excluding carboxylic acids is 1. The van der Waals surface area contributed by atoms with Crippen molar-refractivity contribution in [1.29, 1.82) is 0 Å². The number of hydrogen-bond donors (Lipinski definition) is 0. The zero-order chi connectivity index (χ0) is 23.1. The maximum Gasteiger partial charge on any atom is 0.410 e. The lowest BCUT2D eigenvalue weighted by atomic mass is 9.93. The van der Waals surface area contributed by atoms with E-state index in [9.17, 15) is 13.2 Å². The first-order valence-corrected chi connectivity index (χ1v) is 12.4. The van der Waals surface area contributed by atoms with Crippen molar-refractivity contribution in [2.24, 2.45) is 5.92 Å². The number of likely N-dealkylation sites (tertiary alicyclic amines) is 1. The van der Waals surface area contributed by atoms with Crippen molar-refractivity contribution in [3.8, 4) is 11.7 Å². The van der Waals surface area contributed by atoms with Crippen LogP contribution in [0, 0.1) is 5.92 Å². The number of carbonyl (C=O) groups is 1. The number of amides is 1. The number of rotatable bonds is 4. The lowest BCUT2D eigenvalue weighted by molar-refractivity contribution is 0.0183. The molecule has 0 atom stereocenters. The normalized spacial score (nSPS) is 15.9. The smallest absolute Gasteiger partial charge is 0.410 e. The second kappa shape index (κ2) is 8.23. The summed E-state index contributed by atoms with van der Waals surface area (Å²) in [6.07, 6.45) is 3.20. The van der Waals surface area contributed by atoms with Crippen molar-refractivity contribution in [2.75, 3.05) is 19.3 Å². The van der Waals surface area contributed by atoms with E-state index in [0.29, 0.717) is 48.0 Å². The molecular formula is C22H27N3O6S. The molecule has 9 nitrogen and oxygen atoms in total. The predicted molar refractivity (Wildman–Crippen MR) is 117 cm³/mol. The first kappa shape index (κ1) is 22.3. The minimum atomic E-state index is -3.31. The van der Waals surface area contributed by atoms with E-state index in [1.807, 2.05) is 20.8 Å². The Bertz CT molecular complexity index is 1230. The lowest BCUT2D eigenvalue weighted by Crippen LogP contribution is -2.42. The first-order valence-electron chi connectivity index (χ1n) is 10.5. The minimum Gasteiger partial charge on any atom is -0.451 e. The highest BCUT2D eigenvalue weighted by atomic mass is 32.2. The molecule has 2 aromatic heterocycles. The predicted octanol–water partition coefficient (Wildman–Crippen LogP) is 4.08. The van der Waals surface area contributed by atoms with Crippen LogP contribution < -0.4 is 0 Å². The number of aromatic nitrogens is 2. The number of fused-ring (bicyclic) bond motifs is 1. The number of furan rings is 1. The van der Waals surface area contributed by atoms with Crippen molar-refractivity contribution in [1.82, 2.24) is 15.0 Å². The third-order valence-electron chi connectivity index (χ3n) is 5.33. The van der Waals surface area contributed by atoms with Crippen LogP contribution in [0.5, 0.6) is 0 Å². The van der Waals surface area contributed by atoms with Gasteiger partial charge in [-0.25, -0.2) is 13.2 Å². The van der Waals surface area contributed by atoms with Gasteiger partial charge in [-0.3, -0.25) is 0 Å². The van der Waals surface area contributed by atoms with E-state index in [4.69, 9.17) is 13.7 Å². The van der Waals surface area contributed by atoms with Crippen LogP contribution >= 0.6 is 0 Å². The molecule has 10 heteroatoms. The molecule has 1 aliphatic heterocycles. The number of sulfone groups is 1. The molecule has 0 spiro atoms. The number of benzene rings is 1. The SMILES string of the molecule is CC(C)(C)OC(=O)N1CCC(Cc2noc(-c3cc4cc(S(C)(=O)=O)ccc4o3)n2)CC1. The Labute approximate surface area is 186 Å². The molecule has 0 unspecified atom stereocenters. The van der Waals surface area contributed by atoms with E-state index in [0.717, 1.165) is 19.1 Å². The summed E-state index contributed by atoms with van der Waals surface area (Å²) >= 11 is 0. The largest absolute Gasteiger partial charge is 0.451 e. The van der Waals surface area contributed by atoms with Crippen LogP contribution in [0.25, 0.3) is 22.6 Å². The van der Waals surface area contributed by atoms with E-state index in [1.54, 1.807) is 23.1 Å². The van der Waals surface area contributed by atoms with E-state index in [-0.39, 0.29) is 16.9 Å². The fraction of sp³-hybridized carbons (Fsp3) is 0.500. The Kier molecular flexibility index (Phi) is 5.74. The highest BCUT2D eigenvalue weighted by Gasteiger charge is 2.28. The molecular weight excluding hydrogens is 434 g/mol. The molecule has 1 saturated heterocycles. The summed E-state index contributed by atoms with van der Waals surface area (Å²) in [6.45, 7) is 6.85. The molecule has 1 amide bonds. The third-order valence-corrected chi connectivity index (χ3v) is 6.44. The zero-order valence-electron chi connectivity index (χ0n) is 18.6. The van der Waals surface area contributed by atoms with Crippen molar-refractivity contribution >= 4 is 26.9 Å². The zero-order valence-corrected chi connectivity index (χ0v) is 19.4. The standard InChI is InChI=1S/C22H27N3O6S/c1-22(2,3)30-21(26)25-9-7-14(8-10-25)11-19-23-20(31-24-19)18-13-15-12-16(32(4,27)28)5-6-17(15)29-18/h5-6,12-14H,7-11H2,1-4H3. The Morgan fingerprint density at radius 2 is 1.94 bits per heavy atom. The molecule has 1 aromatic carbocycles. The van der Waals surface area contributed by atoms with Gasteiger partial charge in [-0.2, -0.15) is 4.98 Å². The Hall–Kier alpha value is -2.88. The fourth-order valence-corrected chi connectivity index (χ4v) is 4.36. The van der Waals surface area contributed by atoms with Gasteiger partial charge in [0, 0.05) is 31.2 Å². The van der Waals surface area contributed by atoms with Gasteiger partial charge in [0.25, 0.3) is 5.89 Å². The molecule has 172 valence electrons. The summed E-state index contributed by atoms with van der Waals surface area (Å²) in [4.78, 5) is 18.6. The summed E-state index contributed by atoms with van der Waals surface area (Å²) < 4.78 is 40.1. The fourth-order valence-electron chi connectivity index (χ4n) is 3.70. The summed E-state index contributed by atoms with van der Waals surface area (Å²) in [5.41, 5.74) is 0.0412. The van der Waals surface area contributed by atoms with Crippen molar-refractivity contribution in [2.45, 2.75) is 50.5 Å². The molecule has 3 heterocycles. The van der Waals surface area contributed by atoms with Gasteiger partial charge in [-0.15, -0.1) is 0 Å². The van der Waals surface area contributed by atoms with E-state index < -0.39 is 15.4 Å². The van der Waals surface area contributed by atoms with Crippen molar-refractivity contribution in [3.05, 3.63) is 30.1 Å². The van der Waals surface area contributed by atoms with Crippen molar-refractivity contribution in [3.63, 3.8) is 0 Å². The van der Waals surface area contributed by atoms with Gasteiger partial charge in [-0.05, 0) is 63.8 Å². The summed E-state index contributed by atoms with van der Waals surface area (Å²) in [7, 11) is -3.31. The van der Waals surface area contributed by atoms with Crippen LogP contribution in [0.3, 0.4) is 0 Å². The third kappa shape index (κ3) is 5.12.